The number of nitrogen functional groups attached to an aromatic ring is 1. The summed E-state index contributed by atoms with van der Waals surface area (Å²) in [5.74, 6) is -0.0202. The van der Waals surface area contributed by atoms with E-state index in [0.29, 0.717) is 22.5 Å². The highest BCUT2D eigenvalue weighted by Gasteiger charge is 2.20. The number of pyridine rings is 1. The van der Waals surface area contributed by atoms with E-state index in [1.165, 1.54) is 18.3 Å². The monoisotopic (exact) mass is 271 g/mol. The Morgan fingerprint density at radius 1 is 1.20 bits per heavy atom. The van der Waals surface area contributed by atoms with Gasteiger partial charge in [0.15, 0.2) is 11.6 Å². The standard InChI is InChI=1S/C14H10FN3O2/c15-10-4-2-1-3-9(10)12-13(20-18-14(12)16)8-5-6-11(19)17-7-8/h1-7H,(H2,16,18)(H,17,19). The van der Waals surface area contributed by atoms with Crippen LogP contribution in [0, 0.1) is 5.82 Å². The number of hydrogen-bond acceptors (Lipinski definition) is 4. The Kier molecular flexibility index (Phi) is 2.83. The number of aromatic amines is 1. The van der Waals surface area contributed by atoms with Crippen LogP contribution < -0.4 is 11.3 Å². The predicted octanol–water partition coefficient (Wildman–Crippen LogP) is 2.42. The van der Waals surface area contributed by atoms with Gasteiger partial charge in [0, 0.05) is 23.4 Å². The van der Waals surface area contributed by atoms with E-state index in [9.17, 15) is 9.18 Å². The van der Waals surface area contributed by atoms with Crippen LogP contribution in [0.15, 0.2) is 51.9 Å². The molecule has 0 saturated carbocycles. The number of aromatic nitrogens is 2. The fraction of sp³-hybridized carbons (Fsp3) is 0. The van der Waals surface area contributed by atoms with Gasteiger partial charge < -0.3 is 15.2 Å². The summed E-state index contributed by atoms with van der Waals surface area (Å²) in [6.45, 7) is 0. The van der Waals surface area contributed by atoms with Crippen LogP contribution in [0.25, 0.3) is 22.5 Å². The highest BCUT2D eigenvalue weighted by atomic mass is 19.1. The zero-order chi connectivity index (χ0) is 14.1. The fourth-order valence-corrected chi connectivity index (χ4v) is 1.98. The van der Waals surface area contributed by atoms with Gasteiger partial charge >= 0.3 is 0 Å². The molecule has 6 heteroatoms. The molecule has 100 valence electrons. The van der Waals surface area contributed by atoms with E-state index in [4.69, 9.17) is 10.3 Å². The van der Waals surface area contributed by atoms with Gasteiger partial charge in [-0.2, -0.15) is 0 Å². The van der Waals surface area contributed by atoms with Crippen LogP contribution in [0.1, 0.15) is 0 Å². The van der Waals surface area contributed by atoms with E-state index in [1.54, 1.807) is 24.3 Å². The van der Waals surface area contributed by atoms with Crippen molar-refractivity contribution in [1.29, 1.82) is 0 Å². The van der Waals surface area contributed by atoms with Crippen LogP contribution in [0.2, 0.25) is 0 Å². The Bertz CT molecular complexity index is 803. The van der Waals surface area contributed by atoms with Crippen molar-refractivity contribution >= 4 is 5.82 Å². The summed E-state index contributed by atoms with van der Waals surface area (Å²) < 4.78 is 19.1. The molecule has 5 nitrogen and oxygen atoms in total. The molecule has 3 N–H and O–H groups in total. The number of halogens is 1. The van der Waals surface area contributed by atoms with Crippen molar-refractivity contribution in [3.05, 3.63) is 58.8 Å². The summed E-state index contributed by atoms with van der Waals surface area (Å²) in [5, 5.41) is 3.68. The summed E-state index contributed by atoms with van der Waals surface area (Å²) >= 11 is 0. The Morgan fingerprint density at radius 2 is 2.00 bits per heavy atom. The molecule has 0 atom stereocenters. The van der Waals surface area contributed by atoms with Crippen LogP contribution in [0.3, 0.4) is 0 Å². The minimum Gasteiger partial charge on any atom is -0.380 e. The maximum atomic E-state index is 13.9. The average molecular weight is 271 g/mol. The topological polar surface area (TPSA) is 84.9 Å². The van der Waals surface area contributed by atoms with Crippen molar-refractivity contribution < 1.29 is 8.91 Å². The predicted molar refractivity (Wildman–Crippen MR) is 72.4 cm³/mol. The van der Waals surface area contributed by atoms with Crippen molar-refractivity contribution in [2.24, 2.45) is 0 Å². The number of anilines is 1. The van der Waals surface area contributed by atoms with Crippen LogP contribution in [-0.2, 0) is 0 Å². The molecule has 0 amide bonds. The van der Waals surface area contributed by atoms with Gasteiger partial charge in [-0.15, -0.1) is 0 Å². The zero-order valence-corrected chi connectivity index (χ0v) is 10.3. The van der Waals surface area contributed by atoms with E-state index in [2.05, 4.69) is 10.1 Å². The molecule has 0 fully saturated rings. The second kappa shape index (κ2) is 4.65. The number of nitrogens with zero attached hydrogens (tertiary/aromatic N) is 1. The Hall–Kier alpha value is -2.89. The lowest BCUT2D eigenvalue weighted by molar-refractivity contribution is 0.436. The van der Waals surface area contributed by atoms with Crippen LogP contribution in [0.5, 0.6) is 0 Å². The third kappa shape index (κ3) is 1.97. The van der Waals surface area contributed by atoms with Gasteiger partial charge in [-0.05, 0) is 12.1 Å². The average Bonchev–Trinajstić information content (AvgIpc) is 2.82. The number of hydrogen-bond donors (Lipinski definition) is 2. The maximum Gasteiger partial charge on any atom is 0.247 e. The minimum absolute atomic E-state index is 0.0938. The first-order valence-corrected chi connectivity index (χ1v) is 5.86. The van der Waals surface area contributed by atoms with E-state index < -0.39 is 5.82 Å². The minimum atomic E-state index is -0.423. The Balaban J connectivity index is 2.23. The molecular weight excluding hydrogens is 261 g/mol. The molecular formula is C14H10FN3O2. The SMILES string of the molecule is Nc1noc(-c2ccc(=O)[nH]c2)c1-c1ccccc1F. The molecule has 0 radical (unpaired) electrons. The number of nitrogens with one attached hydrogen (secondary N) is 1. The van der Waals surface area contributed by atoms with E-state index in [1.807, 2.05) is 0 Å². The number of rotatable bonds is 2. The molecule has 1 aromatic carbocycles. The first-order chi connectivity index (χ1) is 9.66. The molecule has 20 heavy (non-hydrogen) atoms. The molecule has 0 saturated heterocycles. The molecule has 3 aromatic rings. The molecule has 0 bridgehead atoms. The summed E-state index contributed by atoms with van der Waals surface area (Å²) in [4.78, 5) is 13.6. The molecule has 2 aromatic heterocycles. The number of H-pyrrole nitrogens is 1. The summed E-state index contributed by atoms with van der Waals surface area (Å²) in [5.41, 5.74) is 6.76. The van der Waals surface area contributed by atoms with Gasteiger partial charge in [0.25, 0.3) is 0 Å². The van der Waals surface area contributed by atoms with Gasteiger partial charge in [0.1, 0.15) is 5.82 Å². The molecule has 0 spiro atoms. The quantitative estimate of drug-likeness (QED) is 0.749. The highest BCUT2D eigenvalue weighted by Crippen LogP contribution is 2.37. The van der Waals surface area contributed by atoms with E-state index in [0.717, 1.165) is 0 Å². The molecule has 0 unspecified atom stereocenters. The van der Waals surface area contributed by atoms with Gasteiger partial charge in [-0.25, -0.2) is 4.39 Å². The van der Waals surface area contributed by atoms with Gasteiger partial charge in [0.05, 0.1) is 5.56 Å². The second-order valence-electron chi connectivity index (χ2n) is 4.19. The first-order valence-electron chi connectivity index (χ1n) is 5.86. The largest absolute Gasteiger partial charge is 0.380 e. The Morgan fingerprint density at radius 3 is 2.70 bits per heavy atom. The third-order valence-corrected chi connectivity index (χ3v) is 2.91. The molecule has 0 aliphatic carbocycles. The normalized spacial score (nSPS) is 10.7. The van der Waals surface area contributed by atoms with Gasteiger partial charge in [-0.1, -0.05) is 23.4 Å². The maximum absolute atomic E-state index is 13.9. The third-order valence-electron chi connectivity index (χ3n) is 2.91. The van der Waals surface area contributed by atoms with E-state index in [-0.39, 0.29) is 11.4 Å². The van der Waals surface area contributed by atoms with Gasteiger partial charge in [0.2, 0.25) is 5.56 Å². The lowest BCUT2D eigenvalue weighted by Crippen LogP contribution is -2.01. The van der Waals surface area contributed by atoms with Crippen LogP contribution in [0.4, 0.5) is 10.2 Å². The molecule has 0 aliphatic rings. The lowest BCUT2D eigenvalue weighted by atomic mass is 10.0. The van der Waals surface area contributed by atoms with Crippen molar-refractivity contribution in [3.63, 3.8) is 0 Å². The van der Waals surface area contributed by atoms with E-state index >= 15 is 0 Å². The van der Waals surface area contributed by atoms with Crippen molar-refractivity contribution in [2.75, 3.05) is 5.73 Å². The molecule has 0 aliphatic heterocycles. The van der Waals surface area contributed by atoms with Crippen molar-refractivity contribution in [1.82, 2.24) is 10.1 Å². The summed E-state index contributed by atoms with van der Waals surface area (Å²) in [7, 11) is 0. The molecule has 3 rings (SSSR count). The first kappa shape index (κ1) is 12.2. The number of nitrogens with two attached hydrogens (primary N) is 1. The zero-order valence-electron chi connectivity index (χ0n) is 10.3. The lowest BCUT2D eigenvalue weighted by Gasteiger charge is -2.03. The van der Waals surface area contributed by atoms with Crippen LogP contribution >= 0.6 is 0 Å². The van der Waals surface area contributed by atoms with Gasteiger partial charge in [-0.3, -0.25) is 4.79 Å². The fourth-order valence-electron chi connectivity index (χ4n) is 1.98. The number of benzene rings is 1. The summed E-state index contributed by atoms with van der Waals surface area (Å²) in [6, 6.07) is 9.11. The Labute approximate surface area is 112 Å². The molecule has 2 heterocycles. The second-order valence-corrected chi connectivity index (χ2v) is 4.19. The van der Waals surface area contributed by atoms with Crippen LogP contribution in [-0.4, -0.2) is 10.1 Å². The smallest absolute Gasteiger partial charge is 0.247 e. The van der Waals surface area contributed by atoms with Crippen molar-refractivity contribution in [3.8, 4) is 22.5 Å². The summed E-state index contributed by atoms with van der Waals surface area (Å²) in [6.07, 6.45) is 1.46. The highest BCUT2D eigenvalue weighted by molar-refractivity contribution is 5.86. The van der Waals surface area contributed by atoms with Crippen molar-refractivity contribution in [2.45, 2.75) is 0 Å².